The second-order valence-corrected chi connectivity index (χ2v) is 5.69. The molecule has 1 aromatic heterocycles. The summed E-state index contributed by atoms with van der Waals surface area (Å²) in [6.45, 7) is 5.16. The van der Waals surface area contributed by atoms with Crippen molar-refractivity contribution >= 4 is 15.9 Å². The topological polar surface area (TPSA) is 29.9 Å². The van der Waals surface area contributed by atoms with Gasteiger partial charge in [-0.05, 0) is 31.0 Å². The van der Waals surface area contributed by atoms with E-state index >= 15 is 0 Å². The number of benzene rings is 1. The fourth-order valence-electron chi connectivity index (χ4n) is 2.14. The number of rotatable bonds is 5. The summed E-state index contributed by atoms with van der Waals surface area (Å²) in [6, 6.07) is 8.90. The molecular formula is C15H20BrN3. The van der Waals surface area contributed by atoms with Crippen LogP contribution in [0.5, 0.6) is 0 Å². The molecule has 3 nitrogen and oxygen atoms in total. The van der Waals surface area contributed by atoms with Gasteiger partial charge in [-0.3, -0.25) is 4.68 Å². The SMILES string of the molecule is CCC(NCc1cnn(C)c1C)c1ccc(Br)cc1. The van der Waals surface area contributed by atoms with Crippen LogP contribution in [0, 0.1) is 6.92 Å². The Morgan fingerprint density at radius 2 is 2.00 bits per heavy atom. The van der Waals surface area contributed by atoms with Crippen molar-refractivity contribution in [2.24, 2.45) is 7.05 Å². The minimum Gasteiger partial charge on any atom is -0.306 e. The van der Waals surface area contributed by atoms with Gasteiger partial charge in [-0.15, -0.1) is 0 Å². The molecule has 0 aliphatic rings. The van der Waals surface area contributed by atoms with Crippen LogP contribution in [-0.4, -0.2) is 9.78 Å². The van der Waals surface area contributed by atoms with Gasteiger partial charge in [0.15, 0.2) is 0 Å². The lowest BCUT2D eigenvalue weighted by atomic mass is 10.0. The summed E-state index contributed by atoms with van der Waals surface area (Å²) in [7, 11) is 1.98. The first kappa shape index (κ1) is 14.3. The Bertz CT molecular complexity index is 531. The predicted molar refractivity (Wildman–Crippen MR) is 82.0 cm³/mol. The number of hydrogen-bond donors (Lipinski definition) is 1. The molecule has 0 radical (unpaired) electrons. The Morgan fingerprint density at radius 3 is 2.53 bits per heavy atom. The molecule has 0 spiro atoms. The molecule has 4 heteroatoms. The normalized spacial score (nSPS) is 12.6. The molecule has 0 saturated carbocycles. The molecule has 1 unspecified atom stereocenters. The monoisotopic (exact) mass is 321 g/mol. The number of nitrogens with one attached hydrogen (secondary N) is 1. The first-order valence-corrected chi connectivity index (χ1v) is 7.37. The van der Waals surface area contributed by atoms with E-state index in [0.717, 1.165) is 17.4 Å². The first-order valence-electron chi connectivity index (χ1n) is 6.58. The molecular weight excluding hydrogens is 302 g/mol. The maximum atomic E-state index is 4.27. The third kappa shape index (κ3) is 3.45. The van der Waals surface area contributed by atoms with E-state index in [9.17, 15) is 0 Å². The van der Waals surface area contributed by atoms with E-state index in [1.54, 1.807) is 0 Å². The van der Waals surface area contributed by atoms with Gasteiger partial charge in [-0.2, -0.15) is 5.10 Å². The summed E-state index contributed by atoms with van der Waals surface area (Å²) >= 11 is 3.47. The van der Waals surface area contributed by atoms with Crippen LogP contribution in [0.3, 0.4) is 0 Å². The van der Waals surface area contributed by atoms with Crippen LogP contribution in [0.2, 0.25) is 0 Å². The molecule has 102 valence electrons. The Kier molecular flexibility index (Phi) is 4.77. The second kappa shape index (κ2) is 6.35. The van der Waals surface area contributed by atoms with Gasteiger partial charge < -0.3 is 5.32 Å². The van der Waals surface area contributed by atoms with Crippen molar-refractivity contribution in [2.75, 3.05) is 0 Å². The maximum Gasteiger partial charge on any atom is 0.0537 e. The van der Waals surface area contributed by atoms with E-state index in [1.807, 2.05) is 17.9 Å². The maximum absolute atomic E-state index is 4.27. The molecule has 1 aromatic carbocycles. The highest BCUT2D eigenvalue weighted by Crippen LogP contribution is 2.20. The lowest BCUT2D eigenvalue weighted by Crippen LogP contribution is -2.20. The lowest BCUT2D eigenvalue weighted by Gasteiger charge is -2.17. The average Bonchev–Trinajstić information content (AvgIpc) is 2.73. The zero-order valence-electron chi connectivity index (χ0n) is 11.7. The standard InChI is InChI=1S/C15H20BrN3/c1-4-15(12-5-7-14(16)8-6-12)17-9-13-10-18-19(3)11(13)2/h5-8,10,15,17H,4,9H2,1-3H3. The van der Waals surface area contributed by atoms with Crippen LogP contribution in [-0.2, 0) is 13.6 Å². The fourth-order valence-corrected chi connectivity index (χ4v) is 2.41. The number of hydrogen-bond acceptors (Lipinski definition) is 2. The number of halogens is 1. The van der Waals surface area contributed by atoms with Crippen LogP contribution < -0.4 is 5.32 Å². The minimum atomic E-state index is 0.382. The molecule has 19 heavy (non-hydrogen) atoms. The highest BCUT2D eigenvalue weighted by Gasteiger charge is 2.10. The van der Waals surface area contributed by atoms with Gasteiger partial charge in [-0.1, -0.05) is 35.0 Å². The minimum absolute atomic E-state index is 0.382. The Balaban J connectivity index is 2.03. The molecule has 2 rings (SSSR count). The molecule has 1 atom stereocenters. The predicted octanol–water partition coefficient (Wildman–Crippen LogP) is 3.73. The Labute approximate surface area is 123 Å². The van der Waals surface area contributed by atoms with Gasteiger partial charge in [0.25, 0.3) is 0 Å². The second-order valence-electron chi connectivity index (χ2n) is 4.77. The molecule has 0 aliphatic heterocycles. The van der Waals surface area contributed by atoms with E-state index < -0.39 is 0 Å². The Hall–Kier alpha value is -1.13. The van der Waals surface area contributed by atoms with Crippen molar-refractivity contribution in [3.63, 3.8) is 0 Å². The first-order chi connectivity index (χ1) is 9.11. The molecule has 0 aliphatic carbocycles. The third-order valence-corrected chi connectivity index (χ3v) is 4.09. The molecule has 1 N–H and O–H groups in total. The van der Waals surface area contributed by atoms with E-state index in [2.05, 4.69) is 64.5 Å². The van der Waals surface area contributed by atoms with Crippen LogP contribution in [0.4, 0.5) is 0 Å². The van der Waals surface area contributed by atoms with Crippen molar-refractivity contribution < 1.29 is 0 Å². The molecule has 0 saturated heterocycles. The van der Waals surface area contributed by atoms with Gasteiger partial charge in [0.1, 0.15) is 0 Å². The summed E-state index contributed by atoms with van der Waals surface area (Å²) in [5.74, 6) is 0. The molecule has 0 amide bonds. The van der Waals surface area contributed by atoms with Crippen LogP contribution in [0.1, 0.15) is 36.2 Å². The number of nitrogens with zero attached hydrogens (tertiary/aromatic N) is 2. The highest BCUT2D eigenvalue weighted by molar-refractivity contribution is 9.10. The van der Waals surface area contributed by atoms with Crippen LogP contribution >= 0.6 is 15.9 Å². The van der Waals surface area contributed by atoms with Gasteiger partial charge in [0.2, 0.25) is 0 Å². The van der Waals surface area contributed by atoms with E-state index in [1.165, 1.54) is 16.8 Å². The summed E-state index contributed by atoms with van der Waals surface area (Å²) in [5.41, 5.74) is 3.81. The fraction of sp³-hybridized carbons (Fsp3) is 0.400. The highest BCUT2D eigenvalue weighted by atomic mass is 79.9. The molecule has 2 aromatic rings. The van der Waals surface area contributed by atoms with E-state index in [4.69, 9.17) is 0 Å². The van der Waals surface area contributed by atoms with Gasteiger partial charge in [-0.25, -0.2) is 0 Å². The summed E-state index contributed by atoms with van der Waals surface area (Å²) in [4.78, 5) is 0. The zero-order valence-corrected chi connectivity index (χ0v) is 13.2. The lowest BCUT2D eigenvalue weighted by molar-refractivity contribution is 0.517. The van der Waals surface area contributed by atoms with Gasteiger partial charge in [0.05, 0.1) is 6.20 Å². The largest absolute Gasteiger partial charge is 0.306 e. The molecule has 1 heterocycles. The Morgan fingerprint density at radius 1 is 1.32 bits per heavy atom. The summed E-state index contributed by atoms with van der Waals surface area (Å²) in [6.07, 6.45) is 3.01. The number of aromatic nitrogens is 2. The summed E-state index contributed by atoms with van der Waals surface area (Å²) in [5, 5.41) is 7.88. The van der Waals surface area contributed by atoms with Crippen LogP contribution in [0.25, 0.3) is 0 Å². The van der Waals surface area contributed by atoms with Gasteiger partial charge >= 0.3 is 0 Å². The summed E-state index contributed by atoms with van der Waals surface area (Å²) < 4.78 is 3.03. The van der Waals surface area contributed by atoms with Crippen LogP contribution in [0.15, 0.2) is 34.9 Å². The van der Waals surface area contributed by atoms with Crippen molar-refractivity contribution in [1.29, 1.82) is 0 Å². The third-order valence-electron chi connectivity index (χ3n) is 3.56. The molecule has 0 bridgehead atoms. The van der Waals surface area contributed by atoms with Crippen molar-refractivity contribution in [1.82, 2.24) is 15.1 Å². The van der Waals surface area contributed by atoms with E-state index in [0.29, 0.717) is 6.04 Å². The van der Waals surface area contributed by atoms with E-state index in [-0.39, 0.29) is 0 Å². The van der Waals surface area contributed by atoms with Gasteiger partial charge in [0, 0.05) is 35.4 Å². The van der Waals surface area contributed by atoms with Crippen molar-refractivity contribution in [3.8, 4) is 0 Å². The van der Waals surface area contributed by atoms with Crippen molar-refractivity contribution in [2.45, 2.75) is 32.9 Å². The molecule has 0 fully saturated rings. The quantitative estimate of drug-likeness (QED) is 0.909. The smallest absolute Gasteiger partial charge is 0.0537 e. The number of aryl methyl sites for hydroxylation is 1. The van der Waals surface area contributed by atoms with Crippen molar-refractivity contribution in [3.05, 3.63) is 51.8 Å². The zero-order chi connectivity index (χ0) is 13.8. The average molecular weight is 322 g/mol.